The SMILES string of the molecule is CC1CC(C(=O)NCCN2CCSCC2)(C(N)=NO)C1. The molecule has 0 aromatic heterocycles. The van der Waals surface area contributed by atoms with Gasteiger partial charge in [0.05, 0.1) is 0 Å². The van der Waals surface area contributed by atoms with Crippen LogP contribution < -0.4 is 11.1 Å². The lowest BCUT2D eigenvalue weighted by atomic mass is 9.61. The first kappa shape index (κ1) is 15.4. The normalized spacial score (nSPS) is 31.6. The molecule has 2 rings (SSSR count). The van der Waals surface area contributed by atoms with Gasteiger partial charge in [0, 0.05) is 37.7 Å². The Labute approximate surface area is 124 Å². The van der Waals surface area contributed by atoms with Crippen LogP contribution in [0.15, 0.2) is 5.16 Å². The van der Waals surface area contributed by atoms with E-state index in [2.05, 4.69) is 22.3 Å². The number of nitrogens with two attached hydrogens (primary N) is 1. The molecule has 114 valence electrons. The van der Waals surface area contributed by atoms with Gasteiger partial charge in [-0.3, -0.25) is 9.69 Å². The minimum absolute atomic E-state index is 0.0440. The van der Waals surface area contributed by atoms with E-state index in [-0.39, 0.29) is 11.7 Å². The fourth-order valence-corrected chi connectivity index (χ4v) is 4.04. The monoisotopic (exact) mass is 300 g/mol. The molecule has 1 heterocycles. The van der Waals surface area contributed by atoms with Crippen LogP contribution in [0.3, 0.4) is 0 Å². The Hall–Kier alpha value is -0.950. The van der Waals surface area contributed by atoms with Crippen molar-refractivity contribution < 1.29 is 10.0 Å². The van der Waals surface area contributed by atoms with Crippen LogP contribution >= 0.6 is 11.8 Å². The number of oxime groups is 1. The highest BCUT2D eigenvalue weighted by Gasteiger charge is 2.52. The fraction of sp³-hybridized carbons (Fsp3) is 0.846. The quantitative estimate of drug-likeness (QED) is 0.294. The van der Waals surface area contributed by atoms with Crippen LogP contribution in [0.5, 0.6) is 0 Å². The van der Waals surface area contributed by atoms with Gasteiger partial charge in [0.1, 0.15) is 5.41 Å². The van der Waals surface area contributed by atoms with E-state index < -0.39 is 5.41 Å². The number of nitrogens with zero attached hydrogens (tertiary/aromatic N) is 2. The maximum atomic E-state index is 12.3. The minimum atomic E-state index is -0.786. The van der Waals surface area contributed by atoms with E-state index >= 15 is 0 Å². The molecule has 0 unspecified atom stereocenters. The molecule has 1 aliphatic carbocycles. The van der Waals surface area contributed by atoms with Crippen LogP contribution in [0.4, 0.5) is 0 Å². The number of amidine groups is 1. The lowest BCUT2D eigenvalue weighted by molar-refractivity contribution is -0.133. The zero-order valence-corrected chi connectivity index (χ0v) is 12.8. The minimum Gasteiger partial charge on any atom is -0.409 e. The molecule has 0 bridgehead atoms. The van der Waals surface area contributed by atoms with Crippen LogP contribution in [-0.4, -0.2) is 59.5 Å². The van der Waals surface area contributed by atoms with E-state index in [1.165, 1.54) is 11.5 Å². The molecule has 0 aromatic carbocycles. The average Bonchev–Trinajstić information content (AvgIpc) is 2.43. The lowest BCUT2D eigenvalue weighted by Crippen LogP contribution is -2.57. The summed E-state index contributed by atoms with van der Waals surface area (Å²) in [6.45, 7) is 5.74. The van der Waals surface area contributed by atoms with Crippen molar-refractivity contribution >= 4 is 23.5 Å². The highest BCUT2D eigenvalue weighted by Crippen LogP contribution is 2.45. The Balaban J connectivity index is 1.80. The second-order valence-corrected chi connectivity index (χ2v) is 7.02. The molecule has 4 N–H and O–H groups in total. The Morgan fingerprint density at radius 2 is 2.15 bits per heavy atom. The summed E-state index contributed by atoms with van der Waals surface area (Å²) in [4.78, 5) is 14.7. The van der Waals surface area contributed by atoms with Crippen molar-refractivity contribution in [2.24, 2.45) is 22.2 Å². The molecular weight excluding hydrogens is 276 g/mol. The second kappa shape index (κ2) is 6.67. The molecule has 0 aromatic rings. The van der Waals surface area contributed by atoms with E-state index in [4.69, 9.17) is 10.9 Å². The summed E-state index contributed by atoms with van der Waals surface area (Å²) in [7, 11) is 0. The lowest BCUT2D eigenvalue weighted by Gasteiger charge is -2.43. The molecule has 0 atom stereocenters. The number of thioether (sulfide) groups is 1. The van der Waals surface area contributed by atoms with Crippen molar-refractivity contribution in [3.63, 3.8) is 0 Å². The van der Waals surface area contributed by atoms with Crippen molar-refractivity contribution in [1.82, 2.24) is 10.2 Å². The summed E-state index contributed by atoms with van der Waals surface area (Å²) in [6.07, 6.45) is 1.32. The predicted molar refractivity (Wildman–Crippen MR) is 81.0 cm³/mol. The second-order valence-electron chi connectivity index (χ2n) is 5.79. The Morgan fingerprint density at radius 3 is 2.70 bits per heavy atom. The third kappa shape index (κ3) is 3.20. The van der Waals surface area contributed by atoms with Gasteiger partial charge in [0.25, 0.3) is 0 Å². The van der Waals surface area contributed by atoms with E-state index in [0.717, 1.165) is 19.6 Å². The molecule has 7 heteroatoms. The molecule has 1 saturated heterocycles. The van der Waals surface area contributed by atoms with Gasteiger partial charge in [-0.2, -0.15) is 11.8 Å². The maximum Gasteiger partial charge on any atom is 0.234 e. The van der Waals surface area contributed by atoms with Gasteiger partial charge in [-0.1, -0.05) is 12.1 Å². The highest BCUT2D eigenvalue weighted by molar-refractivity contribution is 7.99. The van der Waals surface area contributed by atoms with Crippen molar-refractivity contribution in [2.75, 3.05) is 37.7 Å². The van der Waals surface area contributed by atoms with Crippen molar-refractivity contribution in [1.29, 1.82) is 0 Å². The number of carbonyl (C=O) groups excluding carboxylic acids is 1. The molecule has 2 fully saturated rings. The molecular formula is C13H24N4O2S. The molecule has 1 saturated carbocycles. The van der Waals surface area contributed by atoms with Gasteiger partial charge in [-0.25, -0.2) is 0 Å². The number of amides is 1. The summed E-state index contributed by atoms with van der Waals surface area (Å²) >= 11 is 1.97. The van der Waals surface area contributed by atoms with Crippen LogP contribution in [0.25, 0.3) is 0 Å². The molecule has 6 nitrogen and oxygen atoms in total. The summed E-state index contributed by atoms with van der Waals surface area (Å²) < 4.78 is 0. The van der Waals surface area contributed by atoms with Crippen molar-refractivity contribution in [3.05, 3.63) is 0 Å². The zero-order chi connectivity index (χ0) is 14.6. The van der Waals surface area contributed by atoms with Crippen LogP contribution in [-0.2, 0) is 4.79 Å². The Kier molecular flexibility index (Phi) is 5.15. The Morgan fingerprint density at radius 1 is 1.50 bits per heavy atom. The number of carbonyl (C=O) groups is 1. The zero-order valence-electron chi connectivity index (χ0n) is 12.0. The van der Waals surface area contributed by atoms with Gasteiger partial charge in [0.15, 0.2) is 5.84 Å². The van der Waals surface area contributed by atoms with E-state index in [9.17, 15) is 4.79 Å². The van der Waals surface area contributed by atoms with E-state index in [1.807, 2.05) is 11.8 Å². The fourth-order valence-electron chi connectivity index (χ4n) is 3.06. The maximum absolute atomic E-state index is 12.3. The topological polar surface area (TPSA) is 91.0 Å². The molecule has 0 radical (unpaired) electrons. The third-order valence-electron chi connectivity index (χ3n) is 4.24. The first-order chi connectivity index (χ1) is 9.58. The average molecular weight is 300 g/mol. The predicted octanol–water partition coefficient (Wildman–Crippen LogP) is 0.314. The molecule has 0 spiro atoms. The van der Waals surface area contributed by atoms with Gasteiger partial charge in [-0.15, -0.1) is 0 Å². The van der Waals surface area contributed by atoms with Crippen LogP contribution in [0, 0.1) is 11.3 Å². The summed E-state index contributed by atoms with van der Waals surface area (Å²) in [6, 6.07) is 0. The summed E-state index contributed by atoms with van der Waals surface area (Å²) in [5.41, 5.74) is 4.93. The Bertz CT molecular complexity index is 377. The first-order valence-electron chi connectivity index (χ1n) is 7.15. The van der Waals surface area contributed by atoms with Gasteiger partial charge < -0.3 is 16.3 Å². The van der Waals surface area contributed by atoms with Gasteiger partial charge in [0.2, 0.25) is 5.91 Å². The molecule has 1 amide bonds. The van der Waals surface area contributed by atoms with Crippen LogP contribution in [0.2, 0.25) is 0 Å². The number of hydrogen-bond acceptors (Lipinski definition) is 5. The molecule has 20 heavy (non-hydrogen) atoms. The van der Waals surface area contributed by atoms with Crippen LogP contribution in [0.1, 0.15) is 19.8 Å². The largest absolute Gasteiger partial charge is 0.409 e. The number of rotatable bonds is 5. The van der Waals surface area contributed by atoms with Crippen molar-refractivity contribution in [3.8, 4) is 0 Å². The van der Waals surface area contributed by atoms with Gasteiger partial charge >= 0.3 is 0 Å². The van der Waals surface area contributed by atoms with Gasteiger partial charge in [-0.05, 0) is 18.8 Å². The first-order valence-corrected chi connectivity index (χ1v) is 8.30. The molecule has 1 aliphatic heterocycles. The molecule has 2 aliphatic rings. The highest BCUT2D eigenvalue weighted by atomic mass is 32.2. The number of hydrogen-bond donors (Lipinski definition) is 3. The number of nitrogens with one attached hydrogen (secondary N) is 1. The standard InChI is InChI=1S/C13H24N4O2S/c1-10-8-13(9-10,11(14)16-19)12(18)15-2-3-17-4-6-20-7-5-17/h10,19H,2-9H2,1H3,(H2,14,16)(H,15,18). The van der Waals surface area contributed by atoms with Crippen molar-refractivity contribution in [2.45, 2.75) is 19.8 Å². The smallest absolute Gasteiger partial charge is 0.234 e. The van der Waals surface area contributed by atoms with E-state index in [1.54, 1.807) is 0 Å². The summed E-state index contributed by atoms with van der Waals surface area (Å²) in [5.74, 6) is 2.72. The van der Waals surface area contributed by atoms with E-state index in [0.29, 0.717) is 25.3 Å². The summed E-state index contributed by atoms with van der Waals surface area (Å²) in [5, 5.41) is 14.9. The third-order valence-corrected chi connectivity index (χ3v) is 5.19.